The van der Waals surface area contributed by atoms with E-state index in [1.54, 1.807) is 0 Å². The zero-order valence-corrected chi connectivity index (χ0v) is 14.0. The average molecular weight is 281 g/mol. The van der Waals surface area contributed by atoms with E-state index in [4.69, 9.17) is 4.74 Å². The minimum atomic E-state index is 0.496. The average Bonchev–Trinajstić information content (AvgIpc) is 2.93. The fourth-order valence-electron chi connectivity index (χ4n) is 4.35. The summed E-state index contributed by atoms with van der Waals surface area (Å²) in [4.78, 5) is 0. The first-order valence-corrected chi connectivity index (χ1v) is 8.90. The molecule has 4 atom stereocenters. The van der Waals surface area contributed by atoms with Gasteiger partial charge >= 0.3 is 0 Å². The van der Waals surface area contributed by atoms with Crippen LogP contribution < -0.4 is 5.32 Å². The third kappa shape index (κ3) is 4.21. The van der Waals surface area contributed by atoms with Crippen LogP contribution in [-0.2, 0) is 4.74 Å². The maximum absolute atomic E-state index is 6.43. The van der Waals surface area contributed by atoms with Crippen molar-refractivity contribution in [2.24, 2.45) is 23.7 Å². The van der Waals surface area contributed by atoms with Gasteiger partial charge in [0.15, 0.2) is 0 Å². The molecule has 2 nitrogen and oxygen atoms in total. The smallest absolute Gasteiger partial charge is 0.0626 e. The van der Waals surface area contributed by atoms with Gasteiger partial charge in [0.05, 0.1) is 12.7 Å². The number of rotatable bonds is 6. The number of ether oxygens (including phenoxy) is 1. The molecule has 0 heterocycles. The summed E-state index contributed by atoms with van der Waals surface area (Å²) in [6.07, 6.45) is 10.1. The van der Waals surface area contributed by atoms with Gasteiger partial charge in [-0.05, 0) is 56.4 Å². The Morgan fingerprint density at radius 3 is 2.40 bits per heavy atom. The van der Waals surface area contributed by atoms with Gasteiger partial charge in [-0.1, -0.05) is 40.0 Å². The molecule has 0 amide bonds. The summed E-state index contributed by atoms with van der Waals surface area (Å²) >= 11 is 0. The molecule has 0 aromatic rings. The zero-order chi connectivity index (χ0) is 14.5. The van der Waals surface area contributed by atoms with Crippen LogP contribution in [0.4, 0.5) is 0 Å². The van der Waals surface area contributed by atoms with Gasteiger partial charge in [-0.15, -0.1) is 0 Å². The summed E-state index contributed by atoms with van der Waals surface area (Å²) in [6, 6.07) is 0.572. The first-order chi connectivity index (χ1) is 9.61. The maximum atomic E-state index is 6.43. The normalized spacial score (nSPS) is 33.8. The second-order valence-corrected chi connectivity index (χ2v) is 7.64. The first kappa shape index (κ1) is 16.3. The van der Waals surface area contributed by atoms with Crippen LogP contribution in [-0.4, -0.2) is 25.8 Å². The molecule has 2 heteroatoms. The highest BCUT2D eigenvalue weighted by atomic mass is 16.5. The van der Waals surface area contributed by atoms with Crippen molar-refractivity contribution >= 4 is 0 Å². The van der Waals surface area contributed by atoms with Gasteiger partial charge in [-0.3, -0.25) is 0 Å². The van der Waals surface area contributed by atoms with Crippen molar-refractivity contribution in [1.82, 2.24) is 5.32 Å². The van der Waals surface area contributed by atoms with Gasteiger partial charge in [-0.25, -0.2) is 0 Å². The first-order valence-electron chi connectivity index (χ1n) is 8.90. The molecule has 2 aliphatic rings. The Morgan fingerprint density at radius 2 is 1.80 bits per heavy atom. The molecule has 0 saturated heterocycles. The number of likely N-dealkylation sites (N-methyl/N-ethyl adjacent to an activating group) is 1. The molecule has 20 heavy (non-hydrogen) atoms. The van der Waals surface area contributed by atoms with Crippen molar-refractivity contribution in [3.8, 4) is 0 Å². The minimum absolute atomic E-state index is 0.496. The molecule has 0 aromatic carbocycles. The molecular weight excluding hydrogens is 246 g/mol. The van der Waals surface area contributed by atoms with Crippen molar-refractivity contribution in [3.63, 3.8) is 0 Å². The Hall–Kier alpha value is -0.0800. The fraction of sp³-hybridized carbons (Fsp3) is 1.00. The van der Waals surface area contributed by atoms with Crippen molar-refractivity contribution < 1.29 is 4.74 Å². The van der Waals surface area contributed by atoms with Crippen LogP contribution in [0.15, 0.2) is 0 Å². The van der Waals surface area contributed by atoms with Crippen molar-refractivity contribution in [2.75, 3.05) is 13.7 Å². The van der Waals surface area contributed by atoms with Gasteiger partial charge in [-0.2, -0.15) is 0 Å². The summed E-state index contributed by atoms with van der Waals surface area (Å²) in [7, 11) is 2.11. The SMILES string of the molecule is CNC(COC1CC(C)CCC1C(C)C)C1CCCC1. The third-order valence-electron chi connectivity index (χ3n) is 5.79. The molecule has 2 fully saturated rings. The standard InChI is InChI=1S/C18H35NO/c1-13(2)16-10-9-14(3)11-18(16)20-12-17(19-4)15-7-5-6-8-15/h13-19H,5-12H2,1-4H3. The van der Waals surface area contributed by atoms with E-state index in [0.717, 1.165) is 30.3 Å². The molecule has 0 radical (unpaired) electrons. The lowest BCUT2D eigenvalue weighted by atomic mass is 9.75. The van der Waals surface area contributed by atoms with E-state index >= 15 is 0 Å². The number of hydrogen-bond acceptors (Lipinski definition) is 2. The molecule has 2 aliphatic carbocycles. The highest BCUT2D eigenvalue weighted by Crippen LogP contribution is 2.36. The lowest BCUT2D eigenvalue weighted by Gasteiger charge is -2.38. The van der Waals surface area contributed by atoms with Crippen LogP contribution in [0, 0.1) is 23.7 Å². The zero-order valence-electron chi connectivity index (χ0n) is 14.0. The molecule has 0 aliphatic heterocycles. The summed E-state index contributed by atoms with van der Waals surface area (Å²) in [6.45, 7) is 8.04. The van der Waals surface area contributed by atoms with Crippen LogP contribution in [0.1, 0.15) is 65.7 Å². The molecule has 0 spiro atoms. The Labute approximate surface area is 126 Å². The lowest BCUT2D eigenvalue weighted by molar-refractivity contribution is -0.0499. The Balaban J connectivity index is 1.85. The molecule has 0 bridgehead atoms. The quantitative estimate of drug-likeness (QED) is 0.786. The Bertz CT molecular complexity index is 273. The van der Waals surface area contributed by atoms with Crippen molar-refractivity contribution in [2.45, 2.75) is 77.9 Å². The van der Waals surface area contributed by atoms with Crippen molar-refractivity contribution in [1.29, 1.82) is 0 Å². The summed E-state index contributed by atoms with van der Waals surface area (Å²) in [5.41, 5.74) is 0. The third-order valence-corrected chi connectivity index (χ3v) is 5.79. The topological polar surface area (TPSA) is 21.3 Å². The monoisotopic (exact) mass is 281 g/mol. The van der Waals surface area contributed by atoms with Gasteiger partial charge in [0.1, 0.15) is 0 Å². The molecule has 2 saturated carbocycles. The van der Waals surface area contributed by atoms with E-state index in [9.17, 15) is 0 Å². The highest BCUT2D eigenvalue weighted by Gasteiger charge is 2.32. The number of hydrogen-bond donors (Lipinski definition) is 1. The van der Waals surface area contributed by atoms with E-state index in [2.05, 4.69) is 33.1 Å². The Kier molecular flexibility index (Phi) is 6.35. The maximum Gasteiger partial charge on any atom is 0.0626 e. The van der Waals surface area contributed by atoms with Gasteiger partial charge in [0, 0.05) is 6.04 Å². The van der Waals surface area contributed by atoms with Crippen LogP contribution in [0.3, 0.4) is 0 Å². The van der Waals surface area contributed by atoms with Gasteiger partial charge in [0.25, 0.3) is 0 Å². The van der Waals surface area contributed by atoms with E-state index in [1.165, 1.54) is 44.9 Å². The van der Waals surface area contributed by atoms with E-state index in [-0.39, 0.29) is 0 Å². The molecule has 1 N–H and O–H groups in total. The van der Waals surface area contributed by atoms with Crippen LogP contribution in [0.25, 0.3) is 0 Å². The second kappa shape index (κ2) is 7.79. The van der Waals surface area contributed by atoms with E-state index in [0.29, 0.717) is 12.1 Å². The fourth-order valence-corrected chi connectivity index (χ4v) is 4.35. The van der Waals surface area contributed by atoms with Gasteiger partial charge in [0.2, 0.25) is 0 Å². The second-order valence-electron chi connectivity index (χ2n) is 7.64. The molecule has 118 valence electrons. The van der Waals surface area contributed by atoms with Gasteiger partial charge < -0.3 is 10.1 Å². The van der Waals surface area contributed by atoms with E-state index in [1.807, 2.05) is 0 Å². The molecular formula is C18H35NO. The molecule has 0 aromatic heterocycles. The molecule has 4 unspecified atom stereocenters. The predicted molar refractivity (Wildman–Crippen MR) is 85.9 cm³/mol. The lowest BCUT2D eigenvalue weighted by Crippen LogP contribution is -2.41. The summed E-state index contributed by atoms with van der Waals surface area (Å²) < 4.78 is 6.43. The number of nitrogens with one attached hydrogen (secondary N) is 1. The van der Waals surface area contributed by atoms with Crippen LogP contribution in [0.5, 0.6) is 0 Å². The Morgan fingerprint density at radius 1 is 1.10 bits per heavy atom. The largest absolute Gasteiger partial charge is 0.376 e. The summed E-state index contributed by atoms with van der Waals surface area (Å²) in [5.74, 6) is 3.22. The van der Waals surface area contributed by atoms with Crippen LogP contribution in [0.2, 0.25) is 0 Å². The van der Waals surface area contributed by atoms with Crippen LogP contribution >= 0.6 is 0 Å². The summed E-state index contributed by atoms with van der Waals surface area (Å²) in [5, 5.41) is 3.51. The van der Waals surface area contributed by atoms with E-state index < -0.39 is 0 Å². The van der Waals surface area contributed by atoms with Crippen molar-refractivity contribution in [3.05, 3.63) is 0 Å². The predicted octanol–water partition coefficient (Wildman–Crippen LogP) is 4.24. The minimum Gasteiger partial charge on any atom is -0.376 e. The molecule has 2 rings (SSSR count). The highest BCUT2D eigenvalue weighted by molar-refractivity contribution is 4.84.